The van der Waals surface area contributed by atoms with Gasteiger partial charge in [0.15, 0.2) is 0 Å². The first-order chi connectivity index (χ1) is 10.1. The molecule has 2 aromatic rings. The van der Waals surface area contributed by atoms with Crippen LogP contribution >= 0.6 is 11.6 Å². The Bertz CT molecular complexity index is 670. The standard InChI is InChI=1S/C15H15ClN4O/c1-11-14(16)10-18-20(11)8-2-3-15(21)19-13-6-4-12(9-17)5-7-13/h4-7,10H,2-3,8H2,1H3,(H,19,21). The van der Waals surface area contributed by atoms with E-state index >= 15 is 0 Å². The molecule has 0 fully saturated rings. The van der Waals surface area contributed by atoms with E-state index < -0.39 is 0 Å². The number of carbonyl (C=O) groups excluding carboxylic acids is 1. The van der Waals surface area contributed by atoms with Crippen molar-refractivity contribution < 1.29 is 4.79 Å². The fourth-order valence-corrected chi connectivity index (χ4v) is 2.03. The highest BCUT2D eigenvalue weighted by atomic mass is 35.5. The van der Waals surface area contributed by atoms with E-state index in [1.165, 1.54) is 0 Å². The Kier molecular flexibility index (Phi) is 4.96. The van der Waals surface area contributed by atoms with Crippen LogP contribution in [-0.2, 0) is 11.3 Å². The molecule has 6 heteroatoms. The minimum absolute atomic E-state index is 0.0596. The molecule has 0 saturated heterocycles. The second kappa shape index (κ2) is 6.91. The molecular weight excluding hydrogens is 288 g/mol. The topological polar surface area (TPSA) is 70.7 Å². The summed E-state index contributed by atoms with van der Waals surface area (Å²) < 4.78 is 1.79. The lowest BCUT2D eigenvalue weighted by atomic mass is 10.2. The van der Waals surface area contributed by atoms with Gasteiger partial charge in [-0.3, -0.25) is 9.48 Å². The average Bonchev–Trinajstić information content (AvgIpc) is 2.80. The number of aromatic nitrogens is 2. The van der Waals surface area contributed by atoms with Crippen molar-refractivity contribution in [2.75, 3.05) is 5.32 Å². The van der Waals surface area contributed by atoms with Gasteiger partial charge in [-0.1, -0.05) is 11.6 Å². The van der Waals surface area contributed by atoms with Gasteiger partial charge in [0, 0.05) is 18.7 Å². The average molecular weight is 303 g/mol. The van der Waals surface area contributed by atoms with Gasteiger partial charge < -0.3 is 5.32 Å². The van der Waals surface area contributed by atoms with E-state index in [9.17, 15) is 4.79 Å². The molecule has 0 atom stereocenters. The highest BCUT2D eigenvalue weighted by Crippen LogP contribution is 2.14. The number of amides is 1. The first-order valence-electron chi connectivity index (χ1n) is 6.58. The summed E-state index contributed by atoms with van der Waals surface area (Å²) in [6.45, 7) is 2.55. The summed E-state index contributed by atoms with van der Waals surface area (Å²) in [5.41, 5.74) is 2.17. The van der Waals surface area contributed by atoms with Crippen LogP contribution in [0.1, 0.15) is 24.1 Å². The molecular formula is C15H15ClN4O. The zero-order chi connectivity index (χ0) is 15.2. The minimum Gasteiger partial charge on any atom is -0.326 e. The molecule has 108 valence electrons. The Morgan fingerprint density at radius 3 is 2.71 bits per heavy atom. The van der Waals surface area contributed by atoms with Gasteiger partial charge in [-0.2, -0.15) is 10.4 Å². The Morgan fingerprint density at radius 1 is 1.43 bits per heavy atom. The van der Waals surface area contributed by atoms with Crippen molar-refractivity contribution in [3.8, 4) is 6.07 Å². The number of benzene rings is 1. The molecule has 1 heterocycles. The van der Waals surface area contributed by atoms with Gasteiger partial charge >= 0.3 is 0 Å². The van der Waals surface area contributed by atoms with E-state index in [1.807, 2.05) is 13.0 Å². The Balaban J connectivity index is 1.79. The molecule has 1 aromatic heterocycles. The first kappa shape index (κ1) is 15.1. The van der Waals surface area contributed by atoms with Gasteiger partial charge in [0.25, 0.3) is 0 Å². The summed E-state index contributed by atoms with van der Waals surface area (Å²) in [5, 5.41) is 16.3. The van der Waals surface area contributed by atoms with Crippen molar-refractivity contribution in [3.05, 3.63) is 46.7 Å². The van der Waals surface area contributed by atoms with Crippen LogP contribution < -0.4 is 5.32 Å². The molecule has 0 aliphatic rings. The predicted molar refractivity (Wildman–Crippen MR) is 81.0 cm³/mol. The monoisotopic (exact) mass is 302 g/mol. The maximum atomic E-state index is 11.8. The summed E-state index contributed by atoms with van der Waals surface area (Å²) in [4.78, 5) is 11.8. The van der Waals surface area contributed by atoms with Crippen molar-refractivity contribution in [2.45, 2.75) is 26.3 Å². The third-order valence-corrected chi connectivity index (χ3v) is 3.49. The number of nitrogens with zero attached hydrogens (tertiary/aromatic N) is 3. The van der Waals surface area contributed by atoms with Gasteiger partial charge in [0.2, 0.25) is 5.91 Å². The van der Waals surface area contributed by atoms with Crippen LogP contribution in [0.5, 0.6) is 0 Å². The number of halogens is 1. The van der Waals surface area contributed by atoms with Gasteiger partial charge in [0.05, 0.1) is 28.5 Å². The molecule has 0 unspecified atom stereocenters. The van der Waals surface area contributed by atoms with Crippen LogP contribution in [-0.4, -0.2) is 15.7 Å². The molecule has 0 spiro atoms. The number of nitriles is 1. The molecule has 0 aliphatic carbocycles. The summed E-state index contributed by atoms with van der Waals surface area (Å²) in [5.74, 6) is -0.0596. The van der Waals surface area contributed by atoms with E-state index in [2.05, 4.69) is 10.4 Å². The second-order valence-electron chi connectivity index (χ2n) is 4.64. The van der Waals surface area contributed by atoms with E-state index in [1.54, 1.807) is 35.1 Å². The van der Waals surface area contributed by atoms with Crippen molar-refractivity contribution >= 4 is 23.2 Å². The number of hydrogen-bond donors (Lipinski definition) is 1. The Hall–Kier alpha value is -2.32. The zero-order valence-electron chi connectivity index (χ0n) is 11.6. The minimum atomic E-state index is -0.0596. The second-order valence-corrected chi connectivity index (χ2v) is 5.05. The SMILES string of the molecule is Cc1c(Cl)cnn1CCCC(=O)Nc1ccc(C#N)cc1. The molecule has 0 saturated carbocycles. The molecule has 5 nitrogen and oxygen atoms in total. The normalized spacial score (nSPS) is 10.1. The fraction of sp³-hybridized carbons (Fsp3) is 0.267. The molecule has 21 heavy (non-hydrogen) atoms. The molecule has 0 radical (unpaired) electrons. The number of nitrogens with one attached hydrogen (secondary N) is 1. The number of rotatable bonds is 5. The van der Waals surface area contributed by atoms with Crippen LogP contribution in [0, 0.1) is 18.3 Å². The van der Waals surface area contributed by atoms with E-state index in [0.717, 1.165) is 5.69 Å². The third-order valence-electron chi connectivity index (χ3n) is 3.11. The zero-order valence-corrected chi connectivity index (χ0v) is 12.4. The molecule has 0 bridgehead atoms. The van der Waals surface area contributed by atoms with Gasteiger partial charge in [-0.15, -0.1) is 0 Å². The quantitative estimate of drug-likeness (QED) is 0.922. The summed E-state index contributed by atoms with van der Waals surface area (Å²) in [6, 6.07) is 8.81. The van der Waals surface area contributed by atoms with Gasteiger partial charge in [-0.05, 0) is 37.6 Å². The Labute approximate surface area is 128 Å². The van der Waals surface area contributed by atoms with Crippen molar-refractivity contribution in [3.63, 3.8) is 0 Å². The van der Waals surface area contributed by atoms with Crippen LogP contribution in [0.2, 0.25) is 5.02 Å². The summed E-state index contributed by atoms with van der Waals surface area (Å²) in [7, 11) is 0. The maximum Gasteiger partial charge on any atom is 0.224 e. The number of anilines is 1. The predicted octanol–water partition coefficient (Wildman–Crippen LogP) is 3.14. The summed E-state index contributed by atoms with van der Waals surface area (Å²) >= 11 is 5.92. The number of hydrogen-bond acceptors (Lipinski definition) is 3. The molecule has 1 aromatic carbocycles. The third kappa shape index (κ3) is 4.07. The van der Waals surface area contributed by atoms with E-state index in [4.69, 9.17) is 16.9 Å². The van der Waals surface area contributed by atoms with Crippen molar-refractivity contribution in [1.29, 1.82) is 5.26 Å². The molecule has 1 N–H and O–H groups in total. The first-order valence-corrected chi connectivity index (χ1v) is 6.96. The lowest BCUT2D eigenvalue weighted by molar-refractivity contribution is -0.116. The largest absolute Gasteiger partial charge is 0.326 e. The molecule has 2 rings (SSSR count). The van der Waals surface area contributed by atoms with Crippen LogP contribution in [0.3, 0.4) is 0 Å². The number of aryl methyl sites for hydroxylation is 1. The summed E-state index contributed by atoms with van der Waals surface area (Å²) in [6.07, 6.45) is 2.69. The van der Waals surface area contributed by atoms with Crippen LogP contribution in [0.15, 0.2) is 30.5 Å². The highest BCUT2D eigenvalue weighted by Gasteiger charge is 2.06. The van der Waals surface area contributed by atoms with Gasteiger partial charge in [0.1, 0.15) is 0 Å². The van der Waals surface area contributed by atoms with Crippen molar-refractivity contribution in [2.24, 2.45) is 0 Å². The Morgan fingerprint density at radius 2 is 2.14 bits per heavy atom. The molecule has 1 amide bonds. The van der Waals surface area contributed by atoms with E-state index in [-0.39, 0.29) is 5.91 Å². The van der Waals surface area contributed by atoms with Crippen LogP contribution in [0.25, 0.3) is 0 Å². The lowest BCUT2D eigenvalue weighted by Crippen LogP contribution is -2.13. The smallest absolute Gasteiger partial charge is 0.224 e. The number of carbonyl (C=O) groups is 1. The van der Waals surface area contributed by atoms with Crippen LogP contribution in [0.4, 0.5) is 5.69 Å². The van der Waals surface area contributed by atoms with Crippen molar-refractivity contribution in [1.82, 2.24) is 9.78 Å². The maximum absolute atomic E-state index is 11.8. The highest BCUT2D eigenvalue weighted by molar-refractivity contribution is 6.31. The fourth-order valence-electron chi connectivity index (χ4n) is 1.89. The van der Waals surface area contributed by atoms with Gasteiger partial charge in [-0.25, -0.2) is 0 Å². The molecule has 0 aliphatic heterocycles. The lowest BCUT2D eigenvalue weighted by Gasteiger charge is -2.06. The van der Waals surface area contributed by atoms with E-state index in [0.29, 0.717) is 35.7 Å².